The van der Waals surface area contributed by atoms with Crippen molar-refractivity contribution in [1.29, 1.82) is 0 Å². The first kappa shape index (κ1) is 17.1. The van der Waals surface area contributed by atoms with Gasteiger partial charge in [0, 0.05) is 77.5 Å². The molecule has 0 radical (unpaired) electrons. The van der Waals surface area contributed by atoms with Crippen LogP contribution in [0.5, 0.6) is 0 Å². The molecule has 2 aromatic rings. The van der Waals surface area contributed by atoms with Crippen molar-refractivity contribution in [3.05, 3.63) is 45.4 Å². The van der Waals surface area contributed by atoms with Crippen molar-refractivity contribution in [2.24, 2.45) is 13.0 Å². The quantitative estimate of drug-likeness (QED) is 0.799. The van der Waals surface area contributed by atoms with E-state index in [-0.39, 0.29) is 5.56 Å². The van der Waals surface area contributed by atoms with Gasteiger partial charge in [-0.2, -0.15) is 5.10 Å². The molecule has 1 saturated carbocycles. The van der Waals surface area contributed by atoms with Gasteiger partial charge in [-0.05, 0) is 18.8 Å². The van der Waals surface area contributed by atoms with Crippen LogP contribution in [0.4, 0.5) is 0 Å². The molecule has 144 valence electrons. The number of fused-ring (bicyclic) bond motifs is 2. The lowest BCUT2D eigenvalue weighted by Gasteiger charge is -2.28. The van der Waals surface area contributed by atoms with E-state index in [4.69, 9.17) is 4.98 Å². The van der Waals surface area contributed by atoms with E-state index in [1.54, 1.807) is 0 Å². The molecular weight excluding hydrogens is 340 g/mol. The van der Waals surface area contributed by atoms with E-state index < -0.39 is 0 Å². The predicted octanol–water partition coefficient (Wildman–Crippen LogP) is 0.803. The topological polar surface area (TPSA) is 59.2 Å². The summed E-state index contributed by atoms with van der Waals surface area (Å²) in [5, 5.41) is 4.25. The van der Waals surface area contributed by atoms with E-state index in [9.17, 15) is 4.79 Å². The molecule has 0 saturated heterocycles. The molecule has 27 heavy (non-hydrogen) atoms. The molecule has 1 fully saturated rings. The standard InChI is InChI=1S/C20H28N6O/c1-23-11-16(10-21-23)13-25-6-4-18-17(14-25)20(27)26-9-8-24(12-15-2-3-15)7-5-19(26)22-18/h10-11,15H,2-9,12-14H2,1H3. The van der Waals surface area contributed by atoms with E-state index in [1.165, 1.54) is 24.9 Å². The van der Waals surface area contributed by atoms with Gasteiger partial charge in [-0.15, -0.1) is 0 Å². The fraction of sp³-hybridized carbons (Fsp3) is 0.650. The van der Waals surface area contributed by atoms with Crippen LogP contribution in [0.15, 0.2) is 17.2 Å². The van der Waals surface area contributed by atoms with Gasteiger partial charge in [0.25, 0.3) is 5.56 Å². The molecule has 3 aliphatic rings. The predicted molar refractivity (Wildman–Crippen MR) is 102 cm³/mol. The number of hydrogen-bond donors (Lipinski definition) is 0. The second-order valence-corrected chi connectivity index (χ2v) is 8.39. The fourth-order valence-electron chi connectivity index (χ4n) is 4.45. The van der Waals surface area contributed by atoms with Crippen molar-refractivity contribution in [3.63, 3.8) is 0 Å². The van der Waals surface area contributed by atoms with Crippen LogP contribution in [-0.2, 0) is 39.5 Å². The highest BCUT2D eigenvalue weighted by Crippen LogP contribution is 2.30. The molecule has 5 rings (SSSR count). The van der Waals surface area contributed by atoms with Gasteiger partial charge in [0.2, 0.25) is 0 Å². The molecule has 7 nitrogen and oxygen atoms in total. The maximum Gasteiger partial charge on any atom is 0.258 e. The Morgan fingerprint density at radius 2 is 1.96 bits per heavy atom. The van der Waals surface area contributed by atoms with Gasteiger partial charge >= 0.3 is 0 Å². The van der Waals surface area contributed by atoms with E-state index in [0.29, 0.717) is 6.54 Å². The van der Waals surface area contributed by atoms with E-state index in [1.807, 2.05) is 28.7 Å². The number of hydrogen-bond acceptors (Lipinski definition) is 5. The van der Waals surface area contributed by atoms with Crippen LogP contribution in [0, 0.1) is 5.92 Å². The summed E-state index contributed by atoms with van der Waals surface area (Å²) in [5.41, 5.74) is 3.33. The monoisotopic (exact) mass is 368 g/mol. The van der Waals surface area contributed by atoms with Gasteiger partial charge in [-0.1, -0.05) is 0 Å². The van der Waals surface area contributed by atoms with Crippen LogP contribution in [0.25, 0.3) is 0 Å². The molecule has 0 amide bonds. The average molecular weight is 368 g/mol. The first-order valence-corrected chi connectivity index (χ1v) is 10.2. The summed E-state index contributed by atoms with van der Waals surface area (Å²) < 4.78 is 3.79. The fourth-order valence-corrected chi connectivity index (χ4v) is 4.45. The minimum absolute atomic E-state index is 0.194. The maximum absolute atomic E-state index is 13.2. The summed E-state index contributed by atoms with van der Waals surface area (Å²) >= 11 is 0. The van der Waals surface area contributed by atoms with E-state index >= 15 is 0 Å². The molecule has 4 heterocycles. The van der Waals surface area contributed by atoms with Gasteiger partial charge < -0.3 is 4.90 Å². The number of nitrogens with zero attached hydrogens (tertiary/aromatic N) is 6. The Morgan fingerprint density at radius 1 is 1.11 bits per heavy atom. The molecule has 7 heteroatoms. The van der Waals surface area contributed by atoms with E-state index in [0.717, 1.165) is 68.6 Å². The van der Waals surface area contributed by atoms with Crippen molar-refractivity contribution in [2.45, 2.75) is 45.3 Å². The number of rotatable bonds is 4. The zero-order valence-corrected chi connectivity index (χ0v) is 16.1. The van der Waals surface area contributed by atoms with Crippen molar-refractivity contribution >= 4 is 0 Å². The molecule has 2 aromatic heterocycles. The zero-order chi connectivity index (χ0) is 18.4. The largest absolute Gasteiger partial charge is 0.301 e. The molecule has 0 N–H and O–H groups in total. The Morgan fingerprint density at radius 3 is 2.74 bits per heavy atom. The minimum Gasteiger partial charge on any atom is -0.301 e. The second-order valence-electron chi connectivity index (χ2n) is 8.39. The smallest absolute Gasteiger partial charge is 0.258 e. The molecule has 0 aromatic carbocycles. The van der Waals surface area contributed by atoms with Gasteiger partial charge in [-0.3, -0.25) is 18.9 Å². The highest BCUT2D eigenvalue weighted by molar-refractivity contribution is 5.23. The van der Waals surface area contributed by atoms with Crippen molar-refractivity contribution in [1.82, 2.24) is 29.1 Å². The third-order valence-electron chi connectivity index (χ3n) is 6.14. The minimum atomic E-state index is 0.194. The summed E-state index contributed by atoms with van der Waals surface area (Å²) in [6, 6.07) is 0. The first-order valence-electron chi connectivity index (χ1n) is 10.2. The van der Waals surface area contributed by atoms with Crippen molar-refractivity contribution in [2.75, 3.05) is 26.2 Å². The third kappa shape index (κ3) is 3.58. The molecule has 0 spiro atoms. The van der Waals surface area contributed by atoms with Crippen LogP contribution in [0.1, 0.15) is 35.5 Å². The molecule has 0 unspecified atom stereocenters. The Bertz CT molecular complexity index is 896. The Hall–Kier alpha value is -1.99. The van der Waals surface area contributed by atoms with Crippen molar-refractivity contribution < 1.29 is 0 Å². The second kappa shape index (κ2) is 6.87. The maximum atomic E-state index is 13.2. The summed E-state index contributed by atoms with van der Waals surface area (Å²) in [5.74, 6) is 1.89. The van der Waals surface area contributed by atoms with Gasteiger partial charge in [-0.25, -0.2) is 4.98 Å². The average Bonchev–Trinajstić information content (AvgIpc) is 3.42. The Labute approximate surface area is 159 Å². The van der Waals surface area contributed by atoms with Gasteiger partial charge in [0.05, 0.1) is 17.5 Å². The van der Waals surface area contributed by atoms with Crippen LogP contribution >= 0.6 is 0 Å². The zero-order valence-electron chi connectivity index (χ0n) is 16.1. The molecular formula is C20H28N6O. The molecule has 2 aliphatic heterocycles. The highest BCUT2D eigenvalue weighted by Gasteiger charge is 2.28. The molecule has 0 bridgehead atoms. The lowest BCUT2D eigenvalue weighted by Crippen LogP contribution is -2.39. The van der Waals surface area contributed by atoms with Crippen LogP contribution in [0.2, 0.25) is 0 Å². The lowest BCUT2D eigenvalue weighted by molar-refractivity contribution is 0.240. The highest BCUT2D eigenvalue weighted by atomic mass is 16.1. The SMILES string of the molecule is Cn1cc(CN2CCc3nc4n(c(=O)c3C2)CCN(CC2CC2)CC4)cn1. The molecule has 0 atom stereocenters. The third-order valence-corrected chi connectivity index (χ3v) is 6.14. The summed E-state index contributed by atoms with van der Waals surface area (Å²) in [6.45, 7) is 6.47. The Kier molecular flexibility index (Phi) is 4.36. The summed E-state index contributed by atoms with van der Waals surface area (Å²) in [7, 11) is 1.94. The lowest BCUT2D eigenvalue weighted by atomic mass is 10.1. The first-order chi connectivity index (χ1) is 13.2. The number of aromatic nitrogens is 4. The van der Waals surface area contributed by atoms with Gasteiger partial charge in [0.15, 0.2) is 0 Å². The van der Waals surface area contributed by atoms with Crippen LogP contribution in [-0.4, -0.2) is 55.3 Å². The number of aryl methyl sites for hydroxylation is 1. The van der Waals surface area contributed by atoms with Crippen LogP contribution < -0.4 is 5.56 Å². The Balaban J connectivity index is 1.35. The van der Waals surface area contributed by atoms with Gasteiger partial charge in [0.1, 0.15) is 5.82 Å². The summed E-state index contributed by atoms with van der Waals surface area (Å²) in [4.78, 5) is 23.0. The van der Waals surface area contributed by atoms with E-state index in [2.05, 4.69) is 14.9 Å². The van der Waals surface area contributed by atoms with Crippen LogP contribution in [0.3, 0.4) is 0 Å². The molecule has 1 aliphatic carbocycles. The normalized spacial score (nSPS) is 20.9. The van der Waals surface area contributed by atoms with Crippen molar-refractivity contribution in [3.8, 4) is 0 Å². The summed E-state index contributed by atoms with van der Waals surface area (Å²) in [6.07, 6.45) is 8.47.